The van der Waals surface area contributed by atoms with Crippen molar-refractivity contribution in [3.8, 4) is 0 Å². The first-order chi connectivity index (χ1) is 9.65. The number of ether oxygens (including phenoxy) is 1. The molecule has 0 aromatic carbocycles. The van der Waals surface area contributed by atoms with Crippen LogP contribution in [0.15, 0.2) is 17.2 Å². The Morgan fingerprint density at radius 3 is 2.95 bits per heavy atom. The number of rotatable bonds is 5. The van der Waals surface area contributed by atoms with E-state index >= 15 is 0 Å². The van der Waals surface area contributed by atoms with Crippen molar-refractivity contribution in [2.45, 2.75) is 51.8 Å². The Balaban J connectivity index is 1.75. The molecule has 1 saturated carbocycles. The lowest BCUT2D eigenvalue weighted by Crippen LogP contribution is -2.35. The number of nitrogens with one attached hydrogen (secondary N) is 1. The average Bonchev–Trinajstić information content (AvgIpc) is 3.14. The number of aromatic nitrogens is 2. The van der Waals surface area contributed by atoms with E-state index in [2.05, 4.69) is 24.1 Å². The molecule has 2 unspecified atom stereocenters. The van der Waals surface area contributed by atoms with E-state index in [-0.39, 0.29) is 17.7 Å². The summed E-state index contributed by atoms with van der Waals surface area (Å²) in [5.74, 6) is 1.59. The van der Waals surface area contributed by atoms with Gasteiger partial charge in [-0.15, -0.1) is 0 Å². The standard InChI is InChI=1S/C15H23N3O2/c1-10(2)9-18-7-6-16-14(15(18)19)17-12-5-8-20-13(12)11-3-4-11/h6-7,10-13H,3-5,8-9H2,1-2H3,(H,16,17). The molecule has 0 amide bonds. The van der Waals surface area contributed by atoms with Gasteiger partial charge in [-0.1, -0.05) is 13.8 Å². The van der Waals surface area contributed by atoms with E-state index in [1.54, 1.807) is 17.0 Å². The minimum Gasteiger partial charge on any atom is -0.376 e. The van der Waals surface area contributed by atoms with Crippen LogP contribution in [-0.2, 0) is 11.3 Å². The Kier molecular flexibility index (Phi) is 3.78. The molecule has 2 fully saturated rings. The zero-order valence-electron chi connectivity index (χ0n) is 12.2. The van der Waals surface area contributed by atoms with E-state index in [0.717, 1.165) is 19.6 Å². The van der Waals surface area contributed by atoms with Gasteiger partial charge in [0.15, 0.2) is 5.82 Å². The van der Waals surface area contributed by atoms with Gasteiger partial charge in [0.2, 0.25) is 0 Å². The zero-order chi connectivity index (χ0) is 14.1. The molecule has 5 nitrogen and oxygen atoms in total. The van der Waals surface area contributed by atoms with Gasteiger partial charge in [-0.05, 0) is 31.1 Å². The third-order valence-electron chi connectivity index (χ3n) is 4.02. The number of nitrogens with zero attached hydrogens (tertiary/aromatic N) is 2. The topological polar surface area (TPSA) is 56.1 Å². The van der Waals surface area contributed by atoms with Crippen LogP contribution in [-0.4, -0.2) is 28.3 Å². The Bertz CT molecular complexity index is 522. The maximum atomic E-state index is 12.4. The van der Waals surface area contributed by atoms with Crippen LogP contribution >= 0.6 is 0 Å². The van der Waals surface area contributed by atoms with E-state index < -0.39 is 0 Å². The molecule has 0 bridgehead atoms. The predicted octanol–water partition coefficient (Wildman–Crippen LogP) is 1.88. The highest BCUT2D eigenvalue weighted by atomic mass is 16.5. The largest absolute Gasteiger partial charge is 0.376 e. The summed E-state index contributed by atoms with van der Waals surface area (Å²) in [7, 11) is 0. The Labute approximate surface area is 119 Å². The highest BCUT2D eigenvalue weighted by molar-refractivity contribution is 5.33. The maximum absolute atomic E-state index is 12.4. The molecule has 2 heterocycles. The van der Waals surface area contributed by atoms with Crippen LogP contribution < -0.4 is 10.9 Å². The first-order valence-corrected chi connectivity index (χ1v) is 7.58. The summed E-state index contributed by atoms with van der Waals surface area (Å²) >= 11 is 0. The summed E-state index contributed by atoms with van der Waals surface area (Å²) in [6, 6.07) is 0.234. The van der Waals surface area contributed by atoms with Crippen molar-refractivity contribution in [1.82, 2.24) is 9.55 Å². The first kappa shape index (κ1) is 13.6. The molecule has 3 rings (SSSR count). The minimum atomic E-state index is -0.0253. The first-order valence-electron chi connectivity index (χ1n) is 7.58. The third-order valence-corrected chi connectivity index (χ3v) is 4.02. The zero-order valence-corrected chi connectivity index (χ0v) is 12.2. The van der Waals surface area contributed by atoms with E-state index in [9.17, 15) is 4.79 Å². The third kappa shape index (κ3) is 2.87. The van der Waals surface area contributed by atoms with Crippen LogP contribution in [0.25, 0.3) is 0 Å². The average molecular weight is 277 g/mol. The Morgan fingerprint density at radius 1 is 1.45 bits per heavy atom. The van der Waals surface area contributed by atoms with Crippen LogP contribution in [0.3, 0.4) is 0 Å². The van der Waals surface area contributed by atoms with Crippen molar-refractivity contribution < 1.29 is 4.74 Å². The van der Waals surface area contributed by atoms with Crippen molar-refractivity contribution >= 4 is 5.82 Å². The monoisotopic (exact) mass is 277 g/mol. The summed E-state index contributed by atoms with van der Waals surface area (Å²) in [5.41, 5.74) is -0.0253. The predicted molar refractivity (Wildman–Crippen MR) is 77.8 cm³/mol. The van der Waals surface area contributed by atoms with Crippen molar-refractivity contribution in [3.63, 3.8) is 0 Å². The molecule has 2 atom stereocenters. The van der Waals surface area contributed by atoms with Gasteiger partial charge in [0.05, 0.1) is 12.1 Å². The molecule has 1 aliphatic carbocycles. The minimum absolute atomic E-state index is 0.0253. The van der Waals surface area contributed by atoms with Crippen LogP contribution in [0.4, 0.5) is 5.82 Å². The molecule has 1 aromatic rings. The Hall–Kier alpha value is -1.36. The molecule has 5 heteroatoms. The van der Waals surface area contributed by atoms with Gasteiger partial charge in [0.1, 0.15) is 0 Å². The van der Waals surface area contributed by atoms with Gasteiger partial charge in [-0.2, -0.15) is 0 Å². The fraction of sp³-hybridized carbons (Fsp3) is 0.733. The smallest absolute Gasteiger partial charge is 0.293 e. The molecule has 1 aliphatic heterocycles. The van der Waals surface area contributed by atoms with E-state index in [0.29, 0.717) is 17.7 Å². The maximum Gasteiger partial charge on any atom is 0.293 e. The highest BCUT2D eigenvalue weighted by Crippen LogP contribution is 2.39. The highest BCUT2D eigenvalue weighted by Gasteiger charge is 2.40. The van der Waals surface area contributed by atoms with Crippen LogP contribution in [0, 0.1) is 11.8 Å². The molecular weight excluding hydrogens is 254 g/mol. The second kappa shape index (κ2) is 5.56. The van der Waals surface area contributed by atoms with Gasteiger partial charge in [0, 0.05) is 25.5 Å². The van der Waals surface area contributed by atoms with Gasteiger partial charge < -0.3 is 14.6 Å². The Morgan fingerprint density at radius 2 is 2.25 bits per heavy atom. The lowest BCUT2D eigenvalue weighted by atomic mass is 10.1. The summed E-state index contributed by atoms with van der Waals surface area (Å²) in [4.78, 5) is 16.6. The molecule has 2 aliphatic rings. The van der Waals surface area contributed by atoms with Crippen LogP contribution in [0.2, 0.25) is 0 Å². The SMILES string of the molecule is CC(C)Cn1ccnc(NC2CCOC2C2CC2)c1=O. The molecule has 110 valence electrons. The number of hydrogen-bond acceptors (Lipinski definition) is 4. The van der Waals surface area contributed by atoms with Crippen molar-refractivity contribution in [3.05, 3.63) is 22.7 Å². The van der Waals surface area contributed by atoms with Gasteiger partial charge in [-0.25, -0.2) is 4.98 Å². The van der Waals surface area contributed by atoms with Crippen molar-refractivity contribution in [2.75, 3.05) is 11.9 Å². The summed E-state index contributed by atoms with van der Waals surface area (Å²) in [6.45, 7) is 5.72. The molecule has 0 radical (unpaired) electrons. The lowest BCUT2D eigenvalue weighted by Gasteiger charge is -2.20. The summed E-state index contributed by atoms with van der Waals surface area (Å²) < 4.78 is 7.54. The quantitative estimate of drug-likeness (QED) is 0.893. The number of hydrogen-bond donors (Lipinski definition) is 1. The fourth-order valence-corrected chi connectivity index (χ4v) is 2.91. The van der Waals surface area contributed by atoms with E-state index in [1.165, 1.54) is 12.8 Å². The van der Waals surface area contributed by atoms with Gasteiger partial charge in [0.25, 0.3) is 5.56 Å². The van der Waals surface area contributed by atoms with Crippen LogP contribution in [0.5, 0.6) is 0 Å². The molecule has 0 spiro atoms. The number of anilines is 1. The van der Waals surface area contributed by atoms with Crippen molar-refractivity contribution in [1.29, 1.82) is 0 Å². The molecule has 20 heavy (non-hydrogen) atoms. The van der Waals surface area contributed by atoms with E-state index in [1.807, 2.05) is 0 Å². The molecule has 1 saturated heterocycles. The van der Waals surface area contributed by atoms with Gasteiger partial charge in [-0.3, -0.25) is 4.79 Å². The molecule has 1 aromatic heterocycles. The second-order valence-corrected chi connectivity index (χ2v) is 6.34. The summed E-state index contributed by atoms with van der Waals surface area (Å²) in [5, 5.41) is 3.32. The van der Waals surface area contributed by atoms with Crippen LogP contribution in [0.1, 0.15) is 33.1 Å². The second-order valence-electron chi connectivity index (χ2n) is 6.34. The summed E-state index contributed by atoms with van der Waals surface area (Å²) in [6.07, 6.45) is 7.19. The van der Waals surface area contributed by atoms with Gasteiger partial charge >= 0.3 is 0 Å². The fourth-order valence-electron chi connectivity index (χ4n) is 2.91. The van der Waals surface area contributed by atoms with Crippen molar-refractivity contribution in [2.24, 2.45) is 11.8 Å². The molecular formula is C15H23N3O2. The van der Waals surface area contributed by atoms with E-state index in [4.69, 9.17) is 4.74 Å². The lowest BCUT2D eigenvalue weighted by molar-refractivity contribution is 0.0898. The molecule has 1 N–H and O–H groups in total. The normalized spacial score (nSPS) is 26.1.